The van der Waals surface area contributed by atoms with E-state index in [0.29, 0.717) is 23.8 Å². The van der Waals surface area contributed by atoms with E-state index in [2.05, 4.69) is 17.1 Å². The highest BCUT2D eigenvalue weighted by atomic mass is 16.5. The summed E-state index contributed by atoms with van der Waals surface area (Å²) in [4.78, 5) is 26.0. The molecule has 6 heteroatoms. The maximum atomic E-state index is 12.2. The quantitative estimate of drug-likeness (QED) is 0.725. The second-order valence-corrected chi connectivity index (χ2v) is 6.61. The van der Waals surface area contributed by atoms with Gasteiger partial charge in [0.15, 0.2) is 11.9 Å². The molecule has 1 aliphatic rings. The standard InChI is InChI=1S/C19H28N2O4/c1-14(13-21-7-9-24-10-8-21)12-20-19(23)16(3)25-18-6-4-5-17(11-18)15(2)22/h4-6,11,14,16H,7-10,12-13H2,1-3H3,(H,20,23)/t14-,16-/m0/s1. The first-order valence-corrected chi connectivity index (χ1v) is 8.81. The Bertz CT molecular complexity index is 585. The van der Waals surface area contributed by atoms with Gasteiger partial charge in [-0.1, -0.05) is 19.1 Å². The van der Waals surface area contributed by atoms with Crippen molar-refractivity contribution in [1.29, 1.82) is 0 Å². The van der Waals surface area contributed by atoms with Crippen LogP contribution in [0.15, 0.2) is 24.3 Å². The number of Topliss-reactive ketones (excluding diaryl/α,β-unsaturated/α-hetero) is 1. The molecule has 25 heavy (non-hydrogen) atoms. The molecular formula is C19H28N2O4. The van der Waals surface area contributed by atoms with Crippen molar-refractivity contribution in [3.63, 3.8) is 0 Å². The van der Waals surface area contributed by atoms with Gasteiger partial charge in [-0.2, -0.15) is 0 Å². The van der Waals surface area contributed by atoms with Crippen LogP contribution in [0.5, 0.6) is 5.75 Å². The maximum absolute atomic E-state index is 12.2. The largest absolute Gasteiger partial charge is 0.481 e. The lowest BCUT2D eigenvalue weighted by molar-refractivity contribution is -0.127. The van der Waals surface area contributed by atoms with E-state index in [4.69, 9.17) is 9.47 Å². The molecule has 0 unspecified atom stereocenters. The van der Waals surface area contributed by atoms with Gasteiger partial charge in [0.2, 0.25) is 0 Å². The minimum absolute atomic E-state index is 0.0282. The van der Waals surface area contributed by atoms with Crippen LogP contribution in [0.2, 0.25) is 0 Å². The van der Waals surface area contributed by atoms with E-state index in [1.54, 1.807) is 31.2 Å². The van der Waals surface area contributed by atoms with Crippen molar-refractivity contribution in [2.75, 3.05) is 39.4 Å². The first-order chi connectivity index (χ1) is 12.0. The summed E-state index contributed by atoms with van der Waals surface area (Å²) in [5.74, 6) is 0.702. The smallest absolute Gasteiger partial charge is 0.260 e. The van der Waals surface area contributed by atoms with Crippen LogP contribution in [0.25, 0.3) is 0 Å². The van der Waals surface area contributed by atoms with Crippen molar-refractivity contribution < 1.29 is 19.1 Å². The van der Waals surface area contributed by atoms with E-state index in [1.165, 1.54) is 6.92 Å². The summed E-state index contributed by atoms with van der Waals surface area (Å²) < 4.78 is 11.0. The Labute approximate surface area is 149 Å². The molecule has 1 heterocycles. The average molecular weight is 348 g/mol. The van der Waals surface area contributed by atoms with Crippen LogP contribution >= 0.6 is 0 Å². The van der Waals surface area contributed by atoms with Crippen LogP contribution in [0.3, 0.4) is 0 Å². The van der Waals surface area contributed by atoms with Gasteiger partial charge >= 0.3 is 0 Å². The molecule has 1 aliphatic heterocycles. The monoisotopic (exact) mass is 348 g/mol. The number of nitrogens with one attached hydrogen (secondary N) is 1. The van der Waals surface area contributed by atoms with Gasteiger partial charge in [0.05, 0.1) is 13.2 Å². The lowest BCUT2D eigenvalue weighted by Gasteiger charge is -2.29. The molecule has 0 aromatic heterocycles. The minimum atomic E-state index is -0.613. The number of hydrogen-bond donors (Lipinski definition) is 1. The van der Waals surface area contributed by atoms with Gasteiger partial charge in [0.1, 0.15) is 5.75 Å². The Morgan fingerprint density at radius 1 is 1.28 bits per heavy atom. The van der Waals surface area contributed by atoms with Gasteiger partial charge in [0, 0.05) is 31.7 Å². The average Bonchev–Trinajstić information content (AvgIpc) is 2.60. The number of nitrogens with zero attached hydrogens (tertiary/aromatic N) is 1. The third-order valence-electron chi connectivity index (χ3n) is 4.22. The number of carbonyl (C=O) groups excluding carboxylic acids is 2. The summed E-state index contributed by atoms with van der Waals surface area (Å²) in [6.07, 6.45) is -0.613. The van der Waals surface area contributed by atoms with Crippen LogP contribution in [-0.2, 0) is 9.53 Å². The van der Waals surface area contributed by atoms with Crippen LogP contribution in [0, 0.1) is 5.92 Å². The molecule has 2 rings (SSSR count). The van der Waals surface area contributed by atoms with Crippen molar-refractivity contribution in [3.05, 3.63) is 29.8 Å². The first-order valence-electron chi connectivity index (χ1n) is 8.81. The van der Waals surface area contributed by atoms with Crippen molar-refractivity contribution in [1.82, 2.24) is 10.2 Å². The van der Waals surface area contributed by atoms with Gasteiger partial charge in [-0.15, -0.1) is 0 Å². The summed E-state index contributed by atoms with van der Waals surface area (Å²) in [7, 11) is 0. The van der Waals surface area contributed by atoms with Crippen molar-refractivity contribution in [2.24, 2.45) is 5.92 Å². The highest BCUT2D eigenvalue weighted by Gasteiger charge is 2.18. The second kappa shape index (κ2) is 9.53. The molecule has 1 aromatic rings. The van der Waals surface area contributed by atoms with E-state index >= 15 is 0 Å². The third kappa shape index (κ3) is 6.48. The summed E-state index contributed by atoms with van der Waals surface area (Å²) in [6.45, 7) is 10.4. The zero-order chi connectivity index (χ0) is 18.2. The van der Waals surface area contributed by atoms with E-state index in [-0.39, 0.29) is 11.7 Å². The third-order valence-corrected chi connectivity index (χ3v) is 4.22. The van der Waals surface area contributed by atoms with E-state index < -0.39 is 6.10 Å². The highest BCUT2D eigenvalue weighted by molar-refractivity contribution is 5.94. The molecule has 1 aromatic carbocycles. The number of rotatable bonds is 8. The molecule has 1 amide bonds. The summed E-state index contributed by atoms with van der Waals surface area (Å²) in [5, 5.41) is 2.94. The Balaban J connectivity index is 1.75. The molecule has 0 spiro atoms. The Morgan fingerprint density at radius 2 is 2.00 bits per heavy atom. The van der Waals surface area contributed by atoms with Crippen LogP contribution < -0.4 is 10.1 Å². The molecule has 0 radical (unpaired) electrons. The van der Waals surface area contributed by atoms with Crippen LogP contribution in [-0.4, -0.2) is 62.1 Å². The number of benzene rings is 1. The number of carbonyl (C=O) groups is 2. The normalized spacial score (nSPS) is 17.6. The van der Waals surface area contributed by atoms with Crippen molar-refractivity contribution >= 4 is 11.7 Å². The molecule has 6 nitrogen and oxygen atoms in total. The molecule has 1 saturated heterocycles. The fourth-order valence-corrected chi connectivity index (χ4v) is 2.75. The lowest BCUT2D eigenvalue weighted by atomic mass is 10.1. The topological polar surface area (TPSA) is 67.9 Å². The SMILES string of the molecule is CC(=O)c1cccc(O[C@@H](C)C(=O)NC[C@H](C)CN2CCOCC2)c1. The zero-order valence-corrected chi connectivity index (χ0v) is 15.3. The zero-order valence-electron chi connectivity index (χ0n) is 15.3. The Kier molecular flexibility index (Phi) is 7.40. The van der Waals surface area contributed by atoms with Gasteiger partial charge in [-0.05, 0) is 31.9 Å². The number of morpholine rings is 1. The number of ether oxygens (including phenoxy) is 2. The number of hydrogen-bond acceptors (Lipinski definition) is 5. The maximum Gasteiger partial charge on any atom is 0.260 e. The van der Waals surface area contributed by atoms with E-state index in [0.717, 1.165) is 32.8 Å². The molecular weight excluding hydrogens is 320 g/mol. The van der Waals surface area contributed by atoms with Crippen molar-refractivity contribution in [3.8, 4) is 5.75 Å². The summed E-state index contributed by atoms with van der Waals surface area (Å²) >= 11 is 0. The molecule has 2 atom stereocenters. The lowest BCUT2D eigenvalue weighted by Crippen LogP contribution is -2.43. The minimum Gasteiger partial charge on any atom is -0.481 e. The Hall–Kier alpha value is -1.92. The van der Waals surface area contributed by atoms with E-state index in [1.807, 2.05) is 0 Å². The predicted molar refractivity (Wildman–Crippen MR) is 96.0 cm³/mol. The molecule has 0 bridgehead atoms. The number of ketones is 1. The van der Waals surface area contributed by atoms with Crippen molar-refractivity contribution in [2.45, 2.75) is 26.9 Å². The fraction of sp³-hybridized carbons (Fsp3) is 0.579. The molecule has 0 saturated carbocycles. The van der Waals surface area contributed by atoms with Gasteiger partial charge < -0.3 is 14.8 Å². The first kappa shape index (κ1) is 19.4. The molecule has 1 fully saturated rings. The van der Waals surface area contributed by atoms with Gasteiger partial charge in [0.25, 0.3) is 5.91 Å². The van der Waals surface area contributed by atoms with Gasteiger partial charge in [-0.3, -0.25) is 14.5 Å². The molecule has 1 N–H and O–H groups in total. The van der Waals surface area contributed by atoms with Crippen LogP contribution in [0.1, 0.15) is 31.1 Å². The predicted octanol–water partition coefficient (Wildman–Crippen LogP) is 1.74. The summed E-state index contributed by atoms with van der Waals surface area (Å²) in [6, 6.07) is 6.89. The second-order valence-electron chi connectivity index (χ2n) is 6.61. The van der Waals surface area contributed by atoms with Crippen LogP contribution in [0.4, 0.5) is 0 Å². The fourth-order valence-electron chi connectivity index (χ4n) is 2.75. The molecule has 0 aliphatic carbocycles. The Morgan fingerprint density at radius 3 is 2.68 bits per heavy atom. The summed E-state index contributed by atoms with van der Waals surface area (Å²) in [5.41, 5.74) is 0.573. The number of amides is 1. The van der Waals surface area contributed by atoms with Gasteiger partial charge in [-0.25, -0.2) is 0 Å². The van der Waals surface area contributed by atoms with E-state index in [9.17, 15) is 9.59 Å². The highest BCUT2D eigenvalue weighted by Crippen LogP contribution is 2.15. The molecule has 138 valence electrons.